The summed E-state index contributed by atoms with van der Waals surface area (Å²) >= 11 is 5.60. The summed E-state index contributed by atoms with van der Waals surface area (Å²) in [5.41, 5.74) is 2.80. The fourth-order valence-corrected chi connectivity index (χ4v) is 2.86. The fourth-order valence-electron chi connectivity index (χ4n) is 1.95. The molecule has 0 atom stereocenters. The number of amides is 1. The van der Waals surface area contributed by atoms with Gasteiger partial charge < -0.3 is 10.1 Å². The van der Waals surface area contributed by atoms with Gasteiger partial charge in [0.1, 0.15) is 0 Å². The predicted molar refractivity (Wildman–Crippen MR) is 95.2 cm³/mol. The first-order valence-corrected chi connectivity index (χ1v) is 8.27. The van der Waals surface area contributed by atoms with Crippen LogP contribution in [0.25, 0.3) is 0 Å². The van der Waals surface area contributed by atoms with Gasteiger partial charge in [-0.2, -0.15) is 0 Å². The van der Waals surface area contributed by atoms with Crippen LogP contribution in [-0.2, 0) is 17.9 Å². The average Bonchev–Trinajstić information content (AvgIpc) is 2.48. The van der Waals surface area contributed by atoms with Crippen molar-refractivity contribution >= 4 is 44.4 Å². The third-order valence-corrected chi connectivity index (χ3v) is 4.29. The summed E-state index contributed by atoms with van der Waals surface area (Å²) in [6.45, 7) is 1.07. The van der Waals surface area contributed by atoms with Crippen LogP contribution < -0.4 is 5.32 Å². The lowest BCUT2D eigenvalue weighted by atomic mass is 10.1. The van der Waals surface area contributed by atoms with Gasteiger partial charge in [-0.3, -0.25) is 4.79 Å². The minimum Gasteiger partial charge on any atom is -0.380 e. The van der Waals surface area contributed by atoms with E-state index >= 15 is 0 Å². The molecule has 0 heterocycles. The monoisotopic (exact) mass is 459 g/mol. The number of methoxy groups -OCH3 is 1. The van der Waals surface area contributed by atoms with Crippen LogP contribution in [0.1, 0.15) is 21.5 Å². The van der Waals surface area contributed by atoms with Gasteiger partial charge >= 0.3 is 0 Å². The van der Waals surface area contributed by atoms with Crippen molar-refractivity contribution in [2.45, 2.75) is 13.2 Å². The molecule has 0 aliphatic carbocycles. The van der Waals surface area contributed by atoms with Gasteiger partial charge in [0.25, 0.3) is 5.91 Å². The maximum Gasteiger partial charge on any atom is 0.252 e. The number of ether oxygens (including phenoxy) is 1. The number of carbonyl (C=O) groups excluding carboxylic acids is 1. The second-order valence-electron chi connectivity index (χ2n) is 4.56. The first-order chi connectivity index (χ1) is 10.1. The molecule has 0 radical (unpaired) electrons. The highest BCUT2D eigenvalue weighted by atomic mass is 127. The molecule has 0 spiro atoms. The van der Waals surface area contributed by atoms with E-state index in [1.165, 1.54) is 0 Å². The third kappa shape index (κ3) is 4.79. The Bertz CT molecular complexity index is 646. The second-order valence-corrected chi connectivity index (χ2v) is 6.66. The van der Waals surface area contributed by atoms with Crippen LogP contribution in [0.5, 0.6) is 0 Å². The standard InChI is InChI=1S/C16H15BrINO2/c1-21-10-12-4-2-3-11(7-12)9-19-16(20)14-8-13(18)5-6-15(14)17/h2-8H,9-10H2,1H3,(H,19,20). The van der Waals surface area contributed by atoms with Crippen LogP contribution in [0.2, 0.25) is 0 Å². The SMILES string of the molecule is COCc1cccc(CNC(=O)c2cc(I)ccc2Br)c1. The highest BCUT2D eigenvalue weighted by Crippen LogP contribution is 2.19. The molecule has 1 N–H and O–H groups in total. The molecule has 110 valence electrons. The van der Waals surface area contributed by atoms with E-state index in [0.29, 0.717) is 18.7 Å². The Labute approximate surface area is 146 Å². The van der Waals surface area contributed by atoms with E-state index in [2.05, 4.69) is 43.8 Å². The van der Waals surface area contributed by atoms with Gasteiger partial charge in [0.2, 0.25) is 0 Å². The van der Waals surface area contributed by atoms with Gasteiger partial charge in [0.05, 0.1) is 12.2 Å². The van der Waals surface area contributed by atoms with Crippen molar-refractivity contribution in [3.05, 3.63) is 67.2 Å². The lowest BCUT2D eigenvalue weighted by Crippen LogP contribution is -2.23. The maximum atomic E-state index is 12.2. The molecular weight excluding hydrogens is 445 g/mol. The number of carbonyl (C=O) groups is 1. The minimum absolute atomic E-state index is 0.0856. The maximum absolute atomic E-state index is 12.2. The van der Waals surface area contributed by atoms with Gasteiger partial charge in [0, 0.05) is 21.7 Å². The molecule has 1 amide bonds. The van der Waals surface area contributed by atoms with Crippen molar-refractivity contribution in [2.75, 3.05) is 7.11 Å². The molecule has 3 nitrogen and oxygen atoms in total. The normalized spacial score (nSPS) is 10.4. The van der Waals surface area contributed by atoms with Gasteiger partial charge in [-0.15, -0.1) is 0 Å². The van der Waals surface area contributed by atoms with Crippen molar-refractivity contribution in [3.63, 3.8) is 0 Å². The molecule has 0 aliphatic heterocycles. The van der Waals surface area contributed by atoms with Gasteiger partial charge in [-0.25, -0.2) is 0 Å². The lowest BCUT2D eigenvalue weighted by Gasteiger charge is -2.09. The van der Waals surface area contributed by atoms with Crippen LogP contribution in [0, 0.1) is 3.57 Å². The van der Waals surface area contributed by atoms with E-state index < -0.39 is 0 Å². The van der Waals surface area contributed by atoms with Crippen LogP contribution in [0.3, 0.4) is 0 Å². The number of benzene rings is 2. The fraction of sp³-hybridized carbons (Fsp3) is 0.188. The largest absolute Gasteiger partial charge is 0.380 e. The van der Waals surface area contributed by atoms with Crippen LogP contribution in [0.15, 0.2) is 46.9 Å². The van der Waals surface area contributed by atoms with E-state index in [1.54, 1.807) is 7.11 Å². The van der Waals surface area contributed by atoms with Crippen molar-refractivity contribution in [1.82, 2.24) is 5.32 Å². The summed E-state index contributed by atoms with van der Waals surface area (Å²) in [5, 5.41) is 2.94. The molecule has 2 aromatic rings. The summed E-state index contributed by atoms with van der Waals surface area (Å²) in [4.78, 5) is 12.2. The molecule has 0 aliphatic rings. The summed E-state index contributed by atoms with van der Waals surface area (Å²) < 4.78 is 6.94. The molecule has 2 aromatic carbocycles. The third-order valence-electron chi connectivity index (χ3n) is 2.93. The van der Waals surface area contributed by atoms with E-state index in [0.717, 1.165) is 19.2 Å². The first kappa shape index (κ1) is 16.5. The molecule has 2 rings (SSSR count). The zero-order chi connectivity index (χ0) is 15.2. The number of hydrogen-bond donors (Lipinski definition) is 1. The number of hydrogen-bond acceptors (Lipinski definition) is 2. The minimum atomic E-state index is -0.0856. The van der Waals surface area contributed by atoms with E-state index in [9.17, 15) is 4.79 Å². The smallest absolute Gasteiger partial charge is 0.252 e. The summed E-state index contributed by atoms with van der Waals surface area (Å²) in [6.07, 6.45) is 0. The van der Waals surface area contributed by atoms with Gasteiger partial charge in [0.15, 0.2) is 0 Å². The predicted octanol–water partition coefficient (Wildman–Crippen LogP) is 4.13. The number of rotatable bonds is 5. The molecule has 0 bridgehead atoms. The molecule has 0 unspecified atom stereocenters. The average molecular weight is 460 g/mol. The van der Waals surface area contributed by atoms with Gasteiger partial charge in [-0.1, -0.05) is 24.3 Å². The Balaban J connectivity index is 2.04. The summed E-state index contributed by atoms with van der Waals surface area (Å²) in [6, 6.07) is 13.7. The molecule has 0 aromatic heterocycles. The van der Waals surface area contributed by atoms with E-state index in [4.69, 9.17) is 4.74 Å². The Morgan fingerprint density at radius 1 is 1.24 bits per heavy atom. The topological polar surface area (TPSA) is 38.3 Å². The van der Waals surface area contributed by atoms with Crippen molar-refractivity contribution in [2.24, 2.45) is 0 Å². The molecular formula is C16H15BrINO2. The van der Waals surface area contributed by atoms with E-state index in [1.807, 2.05) is 42.5 Å². The Morgan fingerprint density at radius 3 is 2.76 bits per heavy atom. The highest BCUT2D eigenvalue weighted by molar-refractivity contribution is 14.1. The number of nitrogens with one attached hydrogen (secondary N) is 1. The molecule has 0 fully saturated rings. The quantitative estimate of drug-likeness (QED) is 0.682. The van der Waals surface area contributed by atoms with Crippen LogP contribution in [0.4, 0.5) is 0 Å². The van der Waals surface area contributed by atoms with Crippen LogP contribution in [-0.4, -0.2) is 13.0 Å². The van der Waals surface area contributed by atoms with Gasteiger partial charge in [-0.05, 0) is 67.8 Å². The molecule has 5 heteroatoms. The summed E-state index contributed by atoms with van der Waals surface area (Å²) in [5.74, 6) is -0.0856. The number of halogens is 2. The highest BCUT2D eigenvalue weighted by Gasteiger charge is 2.10. The zero-order valence-electron chi connectivity index (χ0n) is 11.5. The summed E-state index contributed by atoms with van der Waals surface area (Å²) in [7, 11) is 1.67. The van der Waals surface area contributed by atoms with Crippen molar-refractivity contribution in [3.8, 4) is 0 Å². The molecule has 0 saturated carbocycles. The Morgan fingerprint density at radius 2 is 2.00 bits per heavy atom. The Kier molecular flexibility index (Phi) is 6.20. The molecule has 21 heavy (non-hydrogen) atoms. The first-order valence-electron chi connectivity index (χ1n) is 6.40. The lowest BCUT2D eigenvalue weighted by molar-refractivity contribution is 0.0950. The van der Waals surface area contributed by atoms with Crippen LogP contribution >= 0.6 is 38.5 Å². The second kappa shape index (κ2) is 7.91. The van der Waals surface area contributed by atoms with Crippen molar-refractivity contribution < 1.29 is 9.53 Å². The Hall–Kier alpha value is -0.920. The van der Waals surface area contributed by atoms with Crippen molar-refractivity contribution in [1.29, 1.82) is 0 Å². The molecule has 0 saturated heterocycles. The zero-order valence-corrected chi connectivity index (χ0v) is 15.3. The van der Waals surface area contributed by atoms with E-state index in [-0.39, 0.29) is 5.91 Å².